The summed E-state index contributed by atoms with van der Waals surface area (Å²) in [5, 5.41) is 9.26. The Hall–Kier alpha value is -3.35. The molecule has 152 valence electrons. The molecule has 0 radical (unpaired) electrons. The Labute approximate surface area is 188 Å². The molecule has 0 aliphatic carbocycles. The van der Waals surface area contributed by atoms with Gasteiger partial charge < -0.3 is 10.1 Å². The van der Waals surface area contributed by atoms with Crippen LogP contribution in [0.15, 0.2) is 78.9 Å². The van der Waals surface area contributed by atoms with Gasteiger partial charge in [0.25, 0.3) is 0 Å². The second-order valence-electron chi connectivity index (χ2n) is 7.36. The van der Waals surface area contributed by atoms with Crippen LogP contribution in [0, 0.1) is 0 Å². The zero-order chi connectivity index (χ0) is 20.9. The molecule has 0 bridgehead atoms. The number of nitrogens with one attached hydrogen (secondary N) is 1. The Bertz CT molecular complexity index is 1320. The summed E-state index contributed by atoms with van der Waals surface area (Å²) in [7, 11) is 0. The van der Waals surface area contributed by atoms with E-state index in [1.807, 2.05) is 65.5 Å². The lowest BCUT2D eigenvalue weighted by molar-refractivity contribution is 0.223. The Kier molecular flexibility index (Phi) is 4.23. The van der Waals surface area contributed by atoms with Crippen molar-refractivity contribution in [2.75, 3.05) is 5.32 Å². The molecule has 0 saturated heterocycles. The monoisotopic (exact) mass is 447 g/mol. The fourth-order valence-electron chi connectivity index (χ4n) is 4.21. The molecule has 2 aromatic heterocycles. The highest BCUT2D eigenvalue weighted by Gasteiger charge is 2.41. The molecule has 6 nitrogen and oxygen atoms in total. The van der Waals surface area contributed by atoms with Crippen molar-refractivity contribution in [3.63, 3.8) is 0 Å². The normalized spacial score (nSPS) is 19.0. The molecular weight excluding hydrogens is 433 g/mol. The molecule has 0 fully saturated rings. The van der Waals surface area contributed by atoms with Crippen LogP contribution in [0.3, 0.4) is 0 Å². The number of benzene rings is 2. The lowest BCUT2D eigenvalue weighted by Crippen LogP contribution is -2.32. The van der Waals surface area contributed by atoms with E-state index in [0.717, 1.165) is 33.7 Å². The fraction of sp³-hybridized carbons (Fsp3) is 0.0870. The molecule has 31 heavy (non-hydrogen) atoms. The quantitative estimate of drug-likeness (QED) is 0.436. The number of hydrogen-bond donors (Lipinski definition) is 1. The zero-order valence-corrected chi connectivity index (χ0v) is 17.5. The number of aromatic nitrogens is 4. The molecule has 2 atom stereocenters. The summed E-state index contributed by atoms with van der Waals surface area (Å²) < 4.78 is 8.40. The van der Waals surface area contributed by atoms with E-state index in [2.05, 4.69) is 20.4 Å². The summed E-state index contributed by atoms with van der Waals surface area (Å²) in [5.74, 6) is 1.39. The molecular formula is C23H15Cl2N5O. The van der Waals surface area contributed by atoms with Gasteiger partial charge in [-0.05, 0) is 47.5 Å². The second-order valence-corrected chi connectivity index (χ2v) is 8.24. The van der Waals surface area contributed by atoms with E-state index in [9.17, 15) is 0 Å². The second kappa shape index (κ2) is 7.11. The van der Waals surface area contributed by atoms with Crippen molar-refractivity contribution in [1.29, 1.82) is 0 Å². The van der Waals surface area contributed by atoms with Crippen LogP contribution in [0.4, 0.5) is 5.95 Å². The molecule has 4 aromatic rings. The molecule has 0 saturated carbocycles. The minimum Gasteiger partial charge on any atom is -0.480 e. The van der Waals surface area contributed by atoms with Gasteiger partial charge in [0.1, 0.15) is 24.2 Å². The van der Waals surface area contributed by atoms with E-state index in [1.165, 1.54) is 0 Å². The van der Waals surface area contributed by atoms with E-state index >= 15 is 0 Å². The van der Waals surface area contributed by atoms with Gasteiger partial charge in [-0.2, -0.15) is 10.1 Å². The van der Waals surface area contributed by atoms with Gasteiger partial charge in [-0.3, -0.25) is 4.98 Å². The van der Waals surface area contributed by atoms with E-state index in [4.69, 9.17) is 27.9 Å². The van der Waals surface area contributed by atoms with Crippen molar-refractivity contribution < 1.29 is 4.74 Å². The van der Waals surface area contributed by atoms with Gasteiger partial charge in [0.15, 0.2) is 0 Å². The van der Waals surface area contributed by atoms with Gasteiger partial charge in [0.05, 0.1) is 5.70 Å². The Morgan fingerprint density at radius 2 is 1.81 bits per heavy atom. The SMILES string of the molecule is Clc1ccc([C@H]2Oc3ccc(Cl)cc3C3=C2[C@H](c2cccnc2)n2ncnc2N3)cc1. The lowest BCUT2D eigenvalue weighted by atomic mass is 9.85. The predicted molar refractivity (Wildman–Crippen MR) is 119 cm³/mol. The first-order valence-electron chi connectivity index (χ1n) is 9.71. The maximum Gasteiger partial charge on any atom is 0.226 e. The Morgan fingerprint density at radius 3 is 2.61 bits per heavy atom. The van der Waals surface area contributed by atoms with E-state index in [0.29, 0.717) is 16.0 Å². The van der Waals surface area contributed by atoms with Crippen LogP contribution in [0.2, 0.25) is 10.0 Å². The number of pyridine rings is 1. The number of hydrogen-bond acceptors (Lipinski definition) is 5. The van der Waals surface area contributed by atoms with Crippen molar-refractivity contribution in [3.8, 4) is 5.75 Å². The van der Waals surface area contributed by atoms with Crippen molar-refractivity contribution in [2.24, 2.45) is 0 Å². The average molecular weight is 448 g/mol. The molecule has 2 aromatic carbocycles. The molecule has 2 aliphatic rings. The first-order valence-corrected chi connectivity index (χ1v) is 10.5. The van der Waals surface area contributed by atoms with Crippen LogP contribution in [-0.4, -0.2) is 19.7 Å². The van der Waals surface area contributed by atoms with E-state index in [1.54, 1.807) is 12.5 Å². The van der Waals surface area contributed by atoms with Crippen molar-refractivity contribution in [2.45, 2.75) is 12.1 Å². The maximum atomic E-state index is 6.54. The average Bonchev–Trinajstić information content (AvgIpc) is 3.27. The fourth-order valence-corrected chi connectivity index (χ4v) is 4.51. The van der Waals surface area contributed by atoms with Crippen molar-refractivity contribution in [1.82, 2.24) is 19.7 Å². The third kappa shape index (κ3) is 2.99. The number of anilines is 1. The smallest absolute Gasteiger partial charge is 0.226 e. The van der Waals surface area contributed by atoms with E-state index in [-0.39, 0.29) is 12.1 Å². The lowest BCUT2D eigenvalue weighted by Gasteiger charge is -2.38. The number of fused-ring (bicyclic) bond motifs is 3. The molecule has 1 N–H and O–H groups in total. The van der Waals surface area contributed by atoms with Gasteiger partial charge >= 0.3 is 0 Å². The zero-order valence-electron chi connectivity index (χ0n) is 16.0. The first kappa shape index (κ1) is 18.4. The van der Waals surface area contributed by atoms with Gasteiger partial charge in [-0.25, -0.2) is 4.68 Å². The molecule has 2 aliphatic heterocycles. The summed E-state index contributed by atoms with van der Waals surface area (Å²) in [6.07, 6.45) is 4.78. The summed E-state index contributed by atoms with van der Waals surface area (Å²) in [6, 6.07) is 17.0. The number of nitrogens with zero attached hydrogens (tertiary/aromatic N) is 4. The third-order valence-corrected chi connectivity index (χ3v) is 6.04. The first-order chi connectivity index (χ1) is 15.2. The number of ether oxygens (including phenoxy) is 1. The van der Waals surface area contributed by atoms with Gasteiger partial charge in [-0.15, -0.1) is 0 Å². The summed E-state index contributed by atoms with van der Waals surface area (Å²) >= 11 is 12.5. The minimum atomic E-state index is -0.365. The molecule has 0 amide bonds. The van der Waals surface area contributed by atoms with Crippen molar-refractivity contribution in [3.05, 3.63) is 106 Å². The standard InChI is InChI=1S/C23H15Cl2N5O/c24-15-5-3-13(4-6-15)22-19-20(17-10-16(25)7-8-18(17)31-22)29-23-27-12-28-30(23)21(19)14-2-1-9-26-11-14/h1-12,21-22H,(H,27,28,29)/t21-,22+/m0/s1. The van der Waals surface area contributed by atoms with Crippen LogP contribution < -0.4 is 10.1 Å². The Balaban J connectivity index is 1.64. The van der Waals surface area contributed by atoms with Crippen LogP contribution in [0.25, 0.3) is 5.70 Å². The summed E-state index contributed by atoms with van der Waals surface area (Å²) in [5.41, 5.74) is 4.77. The molecule has 0 unspecified atom stereocenters. The van der Waals surface area contributed by atoms with Gasteiger partial charge in [0, 0.05) is 33.6 Å². The van der Waals surface area contributed by atoms with Gasteiger partial charge in [0.2, 0.25) is 5.95 Å². The highest BCUT2D eigenvalue weighted by atomic mass is 35.5. The molecule has 4 heterocycles. The summed E-state index contributed by atoms with van der Waals surface area (Å²) in [6.45, 7) is 0. The van der Waals surface area contributed by atoms with Gasteiger partial charge in [-0.1, -0.05) is 41.4 Å². The molecule has 8 heteroatoms. The summed E-state index contributed by atoms with van der Waals surface area (Å²) in [4.78, 5) is 8.76. The maximum absolute atomic E-state index is 6.54. The van der Waals surface area contributed by atoms with Crippen molar-refractivity contribution >= 4 is 34.8 Å². The Morgan fingerprint density at radius 1 is 0.968 bits per heavy atom. The minimum absolute atomic E-state index is 0.254. The van der Waals surface area contributed by atoms with Crippen LogP contribution in [0.1, 0.15) is 28.8 Å². The largest absolute Gasteiger partial charge is 0.480 e. The molecule has 6 rings (SSSR count). The van der Waals surface area contributed by atoms with Crippen LogP contribution >= 0.6 is 23.2 Å². The van der Waals surface area contributed by atoms with E-state index < -0.39 is 0 Å². The number of halogens is 2. The van der Waals surface area contributed by atoms with Crippen LogP contribution in [0.5, 0.6) is 5.75 Å². The van der Waals surface area contributed by atoms with Crippen LogP contribution in [-0.2, 0) is 0 Å². The highest BCUT2D eigenvalue weighted by molar-refractivity contribution is 6.31. The predicted octanol–water partition coefficient (Wildman–Crippen LogP) is 5.54. The molecule has 0 spiro atoms. The topological polar surface area (TPSA) is 64.9 Å². The third-order valence-electron chi connectivity index (χ3n) is 5.55. The highest BCUT2D eigenvalue weighted by Crippen LogP contribution is 2.50. The number of rotatable bonds is 2.